The lowest BCUT2D eigenvalue weighted by molar-refractivity contribution is 0.00199. The normalized spacial score (nSPS) is 12.0. The predicted molar refractivity (Wildman–Crippen MR) is 58.8 cm³/mol. The summed E-state index contributed by atoms with van der Waals surface area (Å²) in [5, 5.41) is 4.36. The van der Waals surface area contributed by atoms with Crippen LogP contribution in [0.15, 0.2) is 29.4 Å². The van der Waals surface area contributed by atoms with Gasteiger partial charge in [0, 0.05) is 5.56 Å². The van der Waals surface area contributed by atoms with E-state index in [9.17, 15) is 0 Å². The lowest BCUT2D eigenvalue weighted by atomic mass is 10.2. The fraction of sp³-hybridized carbons (Fsp3) is 0.364. The molecule has 0 aromatic heterocycles. The molecule has 2 nitrogen and oxygen atoms in total. The molecule has 1 aromatic rings. The number of hydrogen-bond donors (Lipinski definition) is 0. The van der Waals surface area contributed by atoms with E-state index in [4.69, 9.17) is 16.4 Å². The van der Waals surface area contributed by atoms with Crippen molar-refractivity contribution in [1.82, 2.24) is 0 Å². The van der Waals surface area contributed by atoms with Crippen LogP contribution in [0.25, 0.3) is 0 Å². The van der Waals surface area contributed by atoms with Crippen molar-refractivity contribution >= 4 is 17.8 Å². The van der Waals surface area contributed by atoms with Gasteiger partial charge in [-0.3, -0.25) is 0 Å². The fourth-order valence-electron chi connectivity index (χ4n) is 0.761. The molecule has 1 rings (SSSR count). The van der Waals surface area contributed by atoms with Crippen molar-refractivity contribution in [2.24, 2.45) is 5.16 Å². The smallest absolute Gasteiger partial charge is 0.141 e. The maximum absolute atomic E-state index is 5.90. The molecular weight excluding hydrogens is 198 g/mol. The number of halogens is 1. The highest BCUT2D eigenvalue weighted by Gasteiger charge is 2.09. The Morgan fingerprint density at radius 2 is 1.93 bits per heavy atom. The highest BCUT2D eigenvalue weighted by atomic mass is 35.5. The van der Waals surface area contributed by atoms with Crippen LogP contribution in [0.4, 0.5) is 0 Å². The molecule has 14 heavy (non-hydrogen) atoms. The summed E-state index contributed by atoms with van der Waals surface area (Å²) in [4.78, 5) is 5.14. The van der Waals surface area contributed by atoms with Gasteiger partial charge in [0.15, 0.2) is 0 Å². The van der Waals surface area contributed by atoms with Crippen LogP contribution in [0.2, 0.25) is 5.02 Å². The van der Waals surface area contributed by atoms with E-state index in [1.54, 1.807) is 6.07 Å². The quantitative estimate of drug-likeness (QED) is 0.542. The van der Waals surface area contributed by atoms with Crippen molar-refractivity contribution < 1.29 is 4.84 Å². The van der Waals surface area contributed by atoms with E-state index in [0.717, 1.165) is 5.56 Å². The third-order valence-electron chi connectivity index (χ3n) is 1.36. The van der Waals surface area contributed by atoms with Gasteiger partial charge >= 0.3 is 0 Å². The summed E-state index contributed by atoms with van der Waals surface area (Å²) in [6.45, 7) is 5.76. The molecule has 1 aromatic carbocycles. The van der Waals surface area contributed by atoms with E-state index in [1.807, 2.05) is 39.0 Å². The first-order chi connectivity index (χ1) is 6.49. The van der Waals surface area contributed by atoms with E-state index in [0.29, 0.717) is 5.02 Å². The van der Waals surface area contributed by atoms with Gasteiger partial charge < -0.3 is 4.84 Å². The Morgan fingerprint density at radius 3 is 2.50 bits per heavy atom. The number of hydrogen-bond acceptors (Lipinski definition) is 2. The summed E-state index contributed by atoms with van der Waals surface area (Å²) < 4.78 is 0. The molecule has 0 saturated carbocycles. The van der Waals surface area contributed by atoms with E-state index < -0.39 is 0 Å². The minimum absolute atomic E-state index is 0.297. The summed E-state index contributed by atoms with van der Waals surface area (Å²) in [6.07, 6.45) is 2.74. The molecule has 0 N–H and O–H groups in total. The summed E-state index contributed by atoms with van der Waals surface area (Å²) in [5.74, 6) is 0. The van der Waals surface area contributed by atoms with E-state index >= 15 is 0 Å². The highest BCUT2D eigenvalue weighted by molar-refractivity contribution is 6.33. The summed E-state index contributed by atoms with van der Waals surface area (Å²) >= 11 is 5.90. The van der Waals surface area contributed by atoms with Gasteiger partial charge in [-0.05, 0) is 26.8 Å². The molecule has 0 aliphatic rings. The molecule has 1 radical (unpaired) electrons. The second-order valence-electron chi connectivity index (χ2n) is 3.89. The summed E-state index contributed by atoms with van der Waals surface area (Å²) in [5.41, 5.74) is 0.437. The zero-order chi connectivity index (χ0) is 10.6. The van der Waals surface area contributed by atoms with Crippen LogP contribution in [0.5, 0.6) is 0 Å². The predicted octanol–water partition coefficient (Wildman–Crippen LogP) is 3.37. The first-order valence-corrected chi connectivity index (χ1v) is 4.75. The monoisotopic (exact) mass is 210 g/mol. The van der Waals surface area contributed by atoms with Gasteiger partial charge in [-0.1, -0.05) is 35.0 Å². The Labute approximate surface area is 89.5 Å². The minimum Gasteiger partial charge on any atom is -0.390 e. The van der Waals surface area contributed by atoms with Crippen molar-refractivity contribution in [2.45, 2.75) is 26.4 Å². The van der Waals surface area contributed by atoms with Crippen molar-refractivity contribution in [3.63, 3.8) is 0 Å². The van der Waals surface area contributed by atoms with Gasteiger partial charge in [0.05, 0.1) is 5.02 Å². The van der Waals surface area contributed by atoms with E-state index in [2.05, 4.69) is 11.4 Å². The second kappa shape index (κ2) is 4.47. The SMILES string of the molecule is CC(C)(C)O/N=[C]/c1ccccc1Cl. The van der Waals surface area contributed by atoms with Gasteiger partial charge in [0.2, 0.25) is 0 Å². The van der Waals surface area contributed by atoms with Crippen LogP contribution in [0, 0.1) is 0 Å². The Kier molecular flexibility index (Phi) is 3.53. The molecule has 0 spiro atoms. The van der Waals surface area contributed by atoms with Crippen LogP contribution in [0.1, 0.15) is 26.3 Å². The van der Waals surface area contributed by atoms with Crippen LogP contribution in [0.3, 0.4) is 0 Å². The number of benzene rings is 1. The van der Waals surface area contributed by atoms with Gasteiger partial charge in [0.25, 0.3) is 0 Å². The lowest BCUT2D eigenvalue weighted by Gasteiger charge is -2.14. The van der Waals surface area contributed by atoms with Gasteiger partial charge in [0.1, 0.15) is 11.8 Å². The van der Waals surface area contributed by atoms with Crippen LogP contribution in [-0.4, -0.2) is 11.8 Å². The molecule has 0 bridgehead atoms. The molecule has 0 heterocycles. The Morgan fingerprint density at radius 1 is 1.29 bits per heavy atom. The molecule has 0 saturated heterocycles. The highest BCUT2D eigenvalue weighted by Crippen LogP contribution is 2.13. The topological polar surface area (TPSA) is 21.6 Å². The fourth-order valence-corrected chi connectivity index (χ4v) is 0.939. The first kappa shape index (κ1) is 11.1. The molecule has 75 valence electrons. The maximum Gasteiger partial charge on any atom is 0.141 e. The van der Waals surface area contributed by atoms with Crippen LogP contribution >= 0.6 is 11.6 Å². The summed E-state index contributed by atoms with van der Waals surface area (Å²) in [6, 6.07) is 7.35. The van der Waals surface area contributed by atoms with Crippen molar-refractivity contribution in [3.8, 4) is 0 Å². The molecule has 0 unspecified atom stereocenters. The van der Waals surface area contributed by atoms with Crippen molar-refractivity contribution in [2.75, 3.05) is 0 Å². The van der Waals surface area contributed by atoms with Crippen LogP contribution < -0.4 is 0 Å². The zero-order valence-corrected chi connectivity index (χ0v) is 9.30. The Hall–Kier alpha value is -1.02. The zero-order valence-electron chi connectivity index (χ0n) is 8.54. The number of nitrogens with zero attached hydrogens (tertiary/aromatic N) is 1. The Balaban J connectivity index is 2.65. The standard InChI is InChI=1S/C11H13ClNO/c1-11(2,3)14-13-8-9-6-4-5-7-10(9)12/h4-7H,1-3H3. The maximum atomic E-state index is 5.90. The van der Waals surface area contributed by atoms with Crippen LogP contribution in [-0.2, 0) is 4.84 Å². The molecular formula is C11H13ClNO. The molecule has 0 atom stereocenters. The van der Waals surface area contributed by atoms with Gasteiger partial charge in [-0.15, -0.1) is 0 Å². The summed E-state index contributed by atoms with van der Waals surface area (Å²) in [7, 11) is 0. The third-order valence-corrected chi connectivity index (χ3v) is 1.69. The molecule has 3 heteroatoms. The third kappa shape index (κ3) is 3.79. The van der Waals surface area contributed by atoms with E-state index in [1.165, 1.54) is 0 Å². The largest absolute Gasteiger partial charge is 0.390 e. The lowest BCUT2D eigenvalue weighted by Crippen LogP contribution is -2.15. The second-order valence-corrected chi connectivity index (χ2v) is 4.29. The minimum atomic E-state index is -0.297. The molecule has 0 fully saturated rings. The average Bonchev–Trinajstić information content (AvgIpc) is 2.06. The average molecular weight is 211 g/mol. The van der Waals surface area contributed by atoms with Crippen molar-refractivity contribution in [1.29, 1.82) is 0 Å². The van der Waals surface area contributed by atoms with Crippen molar-refractivity contribution in [3.05, 3.63) is 34.9 Å². The van der Waals surface area contributed by atoms with Gasteiger partial charge in [-0.25, -0.2) is 0 Å². The molecule has 0 aliphatic heterocycles. The first-order valence-electron chi connectivity index (χ1n) is 4.38. The number of rotatable bonds is 2. The Bertz CT molecular complexity index is 328. The molecule has 0 aliphatic carbocycles. The van der Waals surface area contributed by atoms with Gasteiger partial charge in [-0.2, -0.15) is 0 Å². The van der Waals surface area contributed by atoms with E-state index in [-0.39, 0.29) is 5.60 Å². The molecule has 0 amide bonds.